The molecule has 2 aromatic rings. The summed E-state index contributed by atoms with van der Waals surface area (Å²) >= 11 is 0. The summed E-state index contributed by atoms with van der Waals surface area (Å²) in [6, 6.07) is 7.85. The van der Waals surface area contributed by atoms with Crippen LogP contribution in [0.4, 0.5) is 0 Å². The minimum atomic E-state index is 0.344. The SMILES string of the molecule is Cn1cc(CN2C[C@H](c3ccc4c(c3)OCO4)[C@H]3[C@@H]2C2CCN3CC2)cn1. The van der Waals surface area contributed by atoms with Crippen LogP contribution in [0.2, 0.25) is 0 Å². The van der Waals surface area contributed by atoms with Crippen LogP contribution in [0.15, 0.2) is 30.6 Å². The van der Waals surface area contributed by atoms with E-state index in [1.165, 1.54) is 37.1 Å². The molecular formula is C21H26N4O2. The number of ether oxygens (including phenoxy) is 2. The highest BCUT2D eigenvalue weighted by Crippen LogP contribution is 2.48. The molecule has 6 heterocycles. The Morgan fingerprint density at radius 2 is 1.96 bits per heavy atom. The van der Waals surface area contributed by atoms with Crippen LogP contribution in [0.3, 0.4) is 0 Å². The van der Waals surface area contributed by atoms with Crippen molar-refractivity contribution in [3.05, 3.63) is 41.7 Å². The molecule has 0 amide bonds. The van der Waals surface area contributed by atoms with Crippen LogP contribution in [0.25, 0.3) is 0 Å². The van der Waals surface area contributed by atoms with E-state index in [2.05, 4.69) is 39.3 Å². The molecular weight excluding hydrogens is 340 g/mol. The highest BCUT2D eigenvalue weighted by atomic mass is 16.7. The second-order valence-corrected chi connectivity index (χ2v) is 8.53. The number of aryl methyl sites for hydroxylation is 1. The quantitative estimate of drug-likeness (QED) is 0.833. The lowest BCUT2D eigenvalue weighted by molar-refractivity contribution is -0.00870. The van der Waals surface area contributed by atoms with Gasteiger partial charge in [0.15, 0.2) is 11.5 Å². The Hall–Kier alpha value is -2.05. The molecule has 0 radical (unpaired) electrons. The van der Waals surface area contributed by atoms with Crippen molar-refractivity contribution < 1.29 is 9.47 Å². The zero-order valence-electron chi connectivity index (χ0n) is 15.8. The van der Waals surface area contributed by atoms with Gasteiger partial charge in [-0.2, -0.15) is 5.10 Å². The highest BCUT2D eigenvalue weighted by Gasteiger charge is 2.53. The number of nitrogens with zero attached hydrogens (tertiary/aromatic N) is 4. The summed E-state index contributed by atoms with van der Waals surface area (Å²) in [5.41, 5.74) is 2.72. The number of piperidine rings is 3. The van der Waals surface area contributed by atoms with E-state index in [1.54, 1.807) is 0 Å². The van der Waals surface area contributed by atoms with Crippen LogP contribution in [0, 0.1) is 5.92 Å². The van der Waals surface area contributed by atoms with Crippen molar-refractivity contribution in [1.82, 2.24) is 19.6 Å². The van der Waals surface area contributed by atoms with Crippen LogP contribution in [0.5, 0.6) is 11.5 Å². The first-order chi connectivity index (χ1) is 13.3. The van der Waals surface area contributed by atoms with E-state index in [0.29, 0.717) is 24.8 Å². The molecule has 1 aromatic carbocycles. The van der Waals surface area contributed by atoms with Gasteiger partial charge >= 0.3 is 0 Å². The van der Waals surface area contributed by atoms with Crippen molar-refractivity contribution >= 4 is 0 Å². The summed E-state index contributed by atoms with van der Waals surface area (Å²) in [7, 11) is 2.00. The van der Waals surface area contributed by atoms with Crippen LogP contribution in [-0.2, 0) is 13.6 Å². The van der Waals surface area contributed by atoms with Crippen LogP contribution >= 0.6 is 0 Å². The normalized spacial score (nSPS) is 34.2. The van der Waals surface area contributed by atoms with E-state index in [-0.39, 0.29) is 0 Å². The Morgan fingerprint density at radius 3 is 2.78 bits per heavy atom. The second kappa shape index (κ2) is 5.97. The van der Waals surface area contributed by atoms with Crippen LogP contribution in [0.1, 0.15) is 29.9 Å². The molecule has 2 bridgehead atoms. The van der Waals surface area contributed by atoms with Gasteiger partial charge in [-0.1, -0.05) is 6.07 Å². The van der Waals surface area contributed by atoms with Gasteiger partial charge in [0.2, 0.25) is 6.79 Å². The zero-order valence-corrected chi connectivity index (χ0v) is 15.8. The number of benzene rings is 1. The fraction of sp³-hybridized carbons (Fsp3) is 0.571. The molecule has 7 rings (SSSR count). The summed E-state index contributed by atoms with van der Waals surface area (Å²) in [4.78, 5) is 5.48. The van der Waals surface area contributed by atoms with Gasteiger partial charge in [0.05, 0.1) is 6.20 Å². The lowest BCUT2D eigenvalue weighted by atomic mass is 9.75. The van der Waals surface area contributed by atoms with Gasteiger partial charge in [-0.25, -0.2) is 0 Å². The van der Waals surface area contributed by atoms with E-state index in [4.69, 9.17) is 9.47 Å². The maximum absolute atomic E-state index is 5.66. The first-order valence-electron chi connectivity index (χ1n) is 10.1. The first-order valence-corrected chi connectivity index (χ1v) is 10.1. The van der Waals surface area contributed by atoms with E-state index in [0.717, 1.165) is 30.5 Å². The third-order valence-electron chi connectivity index (χ3n) is 7.06. The van der Waals surface area contributed by atoms with Gasteiger partial charge in [0.1, 0.15) is 0 Å². The molecule has 1 aromatic heterocycles. The highest BCUT2D eigenvalue weighted by molar-refractivity contribution is 5.46. The van der Waals surface area contributed by atoms with E-state index >= 15 is 0 Å². The lowest BCUT2D eigenvalue weighted by Crippen LogP contribution is -2.59. The largest absolute Gasteiger partial charge is 0.454 e. The van der Waals surface area contributed by atoms with Crippen molar-refractivity contribution in [3.63, 3.8) is 0 Å². The Morgan fingerprint density at radius 1 is 1.11 bits per heavy atom. The van der Waals surface area contributed by atoms with Gasteiger partial charge < -0.3 is 9.47 Å². The monoisotopic (exact) mass is 366 g/mol. The fourth-order valence-corrected chi connectivity index (χ4v) is 5.95. The van der Waals surface area contributed by atoms with Crippen molar-refractivity contribution in [2.24, 2.45) is 13.0 Å². The lowest BCUT2D eigenvalue weighted by Gasteiger charge is -2.51. The van der Waals surface area contributed by atoms with Crippen LogP contribution < -0.4 is 9.47 Å². The maximum Gasteiger partial charge on any atom is 0.231 e. The average molecular weight is 366 g/mol. The summed E-state index contributed by atoms with van der Waals surface area (Å²) in [5.74, 6) is 3.15. The molecule has 3 atom stereocenters. The molecule has 0 aliphatic carbocycles. The molecule has 0 N–H and O–H groups in total. The van der Waals surface area contributed by atoms with E-state index in [1.807, 2.05) is 17.9 Å². The van der Waals surface area contributed by atoms with E-state index < -0.39 is 0 Å². The molecule has 27 heavy (non-hydrogen) atoms. The molecule has 6 nitrogen and oxygen atoms in total. The summed E-state index contributed by atoms with van der Waals surface area (Å²) in [5, 5.41) is 4.38. The Bertz CT molecular complexity index is 858. The van der Waals surface area contributed by atoms with Gasteiger partial charge in [-0.3, -0.25) is 14.5 Å². The molecule has 0 spiro atoms. The fourth-order valence-electron chi connectivity index (χ4n) is 5.95. The van der Waals surface area contributed by atoms with Gasteiger partial charge in [0, 0.05) is 49.9 Å². The van der Waals surface area contributed by atoms with Gasteiger partial charge in [-0.15, -0.1) is 0 Å². The predicted octanol–water partition coefficient (Wildman–Crippen LogP) is 2.21. The van der Waals surface area contributed by atoms with Crippen LogP contribution in [-0.4, -0.2) is 58.1 Å². The maximum atomic E-state index is 5.66. The molecule has 6 heteroatoms. The van der Waals surface area contributed by atoms with Crippen molar-refractivity contribution in [3.8, 4) is 11.5 Å². The number of fused-ring (bicyclic) bond motifs is 3. The minimum absolute atomic E-state index is 0.344. The number of rotatable bonds is 3. The Labute approximate surface area is 159 Å². The summed E-state index contributed by atoms with van der Waals surface area (Å²) < 4.78 is 13.1. The predicted molar refractivity (Wildman–Crippen MR) is 101 cm³/mol. The minimum Gasteiger partial charge on any atom is -0.454 e. The number of hydrogen-bond donors (Lipinski definition) is 0. The topological polar surface area (TPSA) is 42.8 Å². The summed E-state index contributed by atoms with van der Waals surface area (Å²) in [6.07, 6.45) is 6.87. The molecule has 5 aliphatic rings. The Balaban J connectivity index is 1.34. The van der Waals surface area contributed by atoms with Gasteiger partial charge in [-0.05, 0) is 49.5 Å². The van der Waals surface area contributed by atoms with Crippen molar-refractivity contribution in [2.75, 3.05) is 26.4 Å². The zero-order chi connectivity index (χ0) is 18.0. The second-order valence-electron chi connectivity index (χ2n) is 8.53. The number of likely N-dealkylation sites (tertiary alicyclic amines) is 1. The van der Waals surface area contributed by atoms with Crippen molar-refractivity contribution in [2.45, 2.75) is 37.4 Å². The third-order valence-corrected chi connectivity index (χ3v) is 7.06. The van der Waals surface area contributed by atoms with E-state index in [9.17, 15) is 0 Å². The number of aromatic nitrogens is 2. The van der Waals surface area contributed by atoms with Crippen molar-refractivity contribution in [1.29, 1.82) is 0 Å². The third kappa shape index (κ3) is 2.50. The molecule has 0 unspecified atom stereocenters. The van der Waals surface area contributed by atoms with Gasteiger partial charge in [0.25, 0.3) is 0 Å². The molecule has 0 saturated carbocycles. The molecule has 4 saturated heterocycles. The summed E-state index contributed by atoms with van der Waals surface area (Å²) in [6.45, 7) is 4.97. The average Bonchev–Trinajstić information content (AvgIpc) is 3.42. The first kappa shape index (κ1) is 16.0. The molecule has 4 fully saturated rings. The smallest absolute Gasteiger partial charge is 0.231 e. The molecule has 5 aliphatic heterocycles. The number of hydrogen-bond acceptors (Lipinski definition) is 5. The Kier molecular flexibility index (Phi) is 3.53. The molecule has 142 valence electrons. The standard InChI is InChI=1S/C21H26N4O2/c1-23-10-14(9-22-23)11-25-12-17(16-2-3-18-19(8-16)27-13-26-18)21-20(25)15-4-6-24(21)7-5-15/h2-3,8-10,15,17,20-21H,4-7,11-13H2,1H3/t17-,20+,21+/m1/s1.